The van der Waals surface area contributed by atoms with E-state index in [-0.39, 0.29) is 18.0 Å². The van der Waals surface area contributed by atoms with Gasteiger partial charge < -0.3 is 20.1 Å². The first-order valence-corrected chi connectivity index (χ1v) is 8.35. The van der Waals surface area contributed by atoms with Crippen molar-refractivity contribution in [3.63, 3.8) is 0 Å². The Hall–Kier alpha value is -1.75. The van der Waals surface area contributed by atoms with Gasteiger partial charge in [-0.2, -0.15) is 0 Å². The molecule has 0 aromatic heterocycles. The summed E-state index contributed by atoms with van der Waals surface area (Å²) in [5.74, 6) is 1.50. The van der Waals surface area contributed by atoms with Gasteiger partial charge in [-0.25, -0.2) is 0 Å². The summed E-state index contributed by atoms with van der Waals surface area (Å²) in [6.07, 6.45) is 3.56. The van der Waals surface area contributed by atoms with E-state index in [1.807, 2.05) is 36.9 Å². The molecule has 0 spiro atoms. The number of likely N-dealkylation sites (tertiary alicyclic amines) is 1. The molecular weight excluding hydrogens is 292 g/mol. The van der Waals surface area contributed by atoms with Gasteiger partial charge in [0, 0.05) is 18.6 Å². The number of hydrogen-bond acceptors (Lipinski definition) is 4. The first-order chi connectivity index (χ1) is 11.0. The maximum Gasteiger partial charge on any atom is 0.226 e. The Morgan fingerprint density at radius 3 is 2.87 bits per heavy atom. The standard InChI is InChI=1S/C18H28N2O3/c1-13-7-8-16(17(12-13)22-3)23-11-9-18(21)20-10-5-4-6-15(20)14(2)19/h7-8,12,14-15H,4-6,9-11,19H2,1-3H3. The van der Waals surface area contributed by atoms with E-state index >= 15 is 0 Å². The van der Waals surface area contributed by atoms with Crippen LogP contribution < -0.4 is 15.2 Å². The van der Waals surface area contributed by atoms with Crippen molar-refractivity contribution < 1.29 is 14.3 Å². The molecule has 23 heavy (non-hydrogen) atoms. The minimum Gasteiger partial charge on any atom is -0.493 e. The molecule has 128 valence electrons. The number of rotatable bonds is 6. The number of carbonyl (C=O) groups is 1. The van der Waals surface area contributed by atoms with Crippen LogP contribution in [0.5, 0.6) is 11.5 Å². The van der Waals surface area contributed by atoms with E-state index in [0.717, 1.165) is 31.4 Å². The number of amides is 1. The number of nitrogens with two attached hydrogens (primary N) is 1. The lowest BCUT2D eigenvalue weighted by Gasteiger charge is -2.38. The lowest BCUT2D eigenvalue weighted by atomic mass is 9.96. The van der Waals surface area contributed by atoms with Crippen LogP contribution in [0.15, 0.2) is 18.2 Å². The largest absolute Gasteiger partial charge is 0.493 e. The number of hydrogen-bond donors (Lipinski definition) is 1. The lowest BCUT2D eigenvalue weighted by molar-refractivity contribution is -0.135. The van der Waals surface area contributed by atoms with Crippen molar-refractivity contribution in [3.8, 4) is 11.5 Å². The van der Waals surface area contributed by atoms with Crippen molar-refractivity contribution in [2.45, 2.75) is 51.6 Å². The highest BCUT2D eigenvalue weighted by Crippen LogP contribution is 2.28. The topological polar surface area (TPSA) is 64.8 Å². The highest BCUT2D eigenvalue weighted by molar-refractivity contribution is 5.76. The molecule has 0 bridgehead atoms. The second-order valence-electron chi connectivity index (χ2n) is 6.26. The summed E-state index contributed by atoms with van der Waals surface area (Å²) in [5, 5.41) is 0. The van der Waals surface area contributed by atoms with Gasteiger partial charge in [0.05, 0.1) is 20.1 Å². The molecular formula is C18H28N2O3. The molecule has 1 saturated heterocycles. The second-order valence-corrected chi connectivity index (χ2v) is 6.26. The van der Waals surface area contributed by atoms with E-state index in [2.05, 4.69) is 0 Å². The lowest BCUT2D eigenvalue weighted by Crippen LogP contribution is -2.51. The molecule has 2 N–H and O–H groups in total. The molecule has 0 aliphatic carbocycles. The maximum absolute atomic E-state index is 12.5. The zero-order valence-corrected chi connectivity index (χ0v) is 14.4. The van der Waals surface area contributed by atoms with Crippen molar-refractivity contribution in [3.05, 3.63) is 23.8 Å². The third-order valence-corrected chi connectivity index (χ3v) is 4.37. The van der Waals surface area contributed by atoms with E-state index in [1.54, 1.807) is 7.11 Å². The van der Waals surface area contributed by atoms with Gasteiger partial charge >= 0.3 is 0 Å². The number of methoxy groups -OCH3 is 1. The van der Waals surface area contributed by atoms with Crippen molar-refractivity contribution in [2.24, 2.45) is 5.73 Å². The quantitative estimate of drug-likeness (QED) is 0.874. The van der Waals surface area contributed by atoms with Crippen LogP contribution in [-0.4, -0.2) is 43.2 Å². The van der Waals surface area contributed by atoms with Gasteiger partial charge in [0.15, 0.2) is 11.5 Å². The van der Waals surface area contributed by atoms with Crippen LogP contribution in [0.25, 0.3) is 0 Å². The summed E-state index contributed by atoms with van der Waals surface area (Å²) in [5.41, 5.74) is 7.14. The third kappa shape index (κ3) is 4.61. The molecule has 1 aromatic rings. The Morgan fingerprint density at radius 1 is 1.39 bits per heavy atom. The molecule has 2 unspecified atom stereocenters. The number of ether oxygens (including phenoxy) is 2. The number of carbonyl (C=O) groups excluding carboxylic acids is 1. The normalized spacial score (nSPS) is 19.3. The second kappa shape index (κ2) is 8.20. The Labute approximate surface area is 138 Å². The summed E-state index contributed by atoms with van der Waals surface area (Å²) < 4.78 is 11.0. The van der Waals surface area contributed by atoms with Gasteiger partial charge in [0.25, 0.3) is 0 Å². The molecule has 1 amide bonds. The predicted molar refractivity (Wildman–Crippen MR) is 90.8 cm³/mol. The van der Waals surface area contributed by atoms with Crippen LogP contribution >= 0.6 is 0 Å². The van der Waals surface area contributed by atoms with Crippen molar-refractivity contribution in [1.29, 1.82) is 0 Å². The molecule has 5 heteroatoms. The summed E-state index contributed by atoms with van der Waals surface area (Å²) in [4.78, 5) is 14.4. The van der Waals surface area contributed by atoms with Gasteiger partial charge in [-0.05, 0) is 50.8 Å². The van der Waals surface area contributed by atoms with Crippen LogP contribution in [0.2, 0.25) is 0 Å². The van der Waals surface area contributed by atoms with Crippen LogP contribution in [0.4, 0.5) is 0 Å². The van der Waals surface area contributed by atoms with E-state index in [0.29, 0.717) is 24.5 Å². The molecule has 0 saturated carbocycles. The summed E-state index contributed by atoms with van der Waals surface area (Å²) in [7, 11) is 1.62. The summed E-state index contributed by atoms with van der Waals surface area (Å²) in [6.45, 7) is 5.13. The zero-order valence-electron chi connectivity index (χ0n) is 14.4. The molecule has 1 aliphatic rings. The monoisotopic (exact) mass is 320 g/mol. The highest BCUT2D eigenvalue weighted by atomic mass is 16.5. The van der Waals surface area contributed by atoms with Crippen LogP contribution in [-0.2, 0) is 4.79 Å². The first kappa shape index (κ1) is 17.6. The van der Waals surface area contributed by atoms with Crippen molar-refractivity contribution >= 4 is 5.91 Å². The Balaban J connectivity index is 1.89. The fourth-order valence-corrected chi connectivity index (χ4v) is 3.10. The van der Waals surface area contributed by atoms with E-state index in [1.165, 1.54) is 0 Å². The van der Waals surface area contributed by atoms with Crippen molar-refractivity contribution in [2.75, 3.05) is 20.3 Å². The van der Waals surface area contributed by atoms with Crippen LogP contribution in [0.1, 0.15) is 38.2 Å². The highest BCUT2D eigenvalue weighted by Gasteiger charge is 2.28. The SMILES string of the molecule is COc1cc(C)ccc1OCCC(=O)N1CCCCC1C(C)N. The van der Waals surface area contributed by atoms with Crippen molar-refractivity contribution in [1.82, 2.24) is 4.90 Å². The molecule has 1 aromatic carbocycles. The molecule has 0 radical (unpaired) electrons. The fourth-order valence-electron chi connectivity index (χ4n) is 3.10. The molecule has 2 rings (SSSR count). The average Bonchev–Trinajstić information content (AvgIpc) is 2.55. The van der Waals surface area contributed by atoms with Gasteiger partial charge in [0.2, 0.25) is 5.91 Å². The third-order valence-electron chi connectivity index (χ3n) is 4.37. The smallest absolute Gasteiger partial charge is 0.226 e. The minimum atomic E-state index is 0.0114. The zero-order chi connectivity index (χ0) is 16.8. The van der Waals surface area contributed by atoms with E-state index < -0.39 is 0 Å². The first-order valence-electron chi connectivity index (χ1n) is 8.35. The van der Waals surface area contributed by atoms with Gasteiger partial charge in [-0.1, -0.05) is 6.07 Å². The molecule has 5 nitrogen and oxygen atoms in total. The van der Waals surface area contributed by atoms with Gasteiger partial charge in [0.1, 0.15) is 0 Å². The predicted octanol–water partition coefficient (Wildman–Crippen LogP) is 2.50. The maximum atomic E-state index is 12.5. The Morgan fingerprint density at radius 2 is 2.17 bits per heavy atom. The van der Waals surface area contributed by atoms with Gasteiger partial charge in [-0.15, -0.1) is 0 Å². The number of aryl methyl sites for hydroxylation is 1. The Kier molecular flexibility index (Phi) is 6.28. The van der Waals surface area contributed by atoms with E-state index in [9.17, 15) is 4.79 Å². The molecule has 1 aliphatic heterocycles. The minimum absolute atomic E-state index is 0.0114. The molecule has 1 heterocycles. The number of nitrogens with zero attached hydrogens (tertiary/aromatic N) is 1. The number of benzene rings is 1. The number of piperidine rings is 1. The average molecular weight is 320 g/mol. The molecule has 2 atom stereocenters. The molecule has 1 fully saturated rings. The van der Waals surface area contributed by atoms with Crippen LogP contribution in [0, 0.1) is 6.92 Å². The van der Waals surface area contributed by atoms with Gasteiger partial charge in [-0.3, -0.25) is 4.79 Å². The Bertz CT molecular complexity index is 531. The summed E-state index contributed by atoms with van der Waals surface area (Å²) in [6, 6.07) is 5.94. The van der Waals surface area contributed by atoms with E-state index in [4.69, 9.17) is 15.2 Å². The fraction of sp³-hybridized carbons (Fsp3) is 0.611. The van der Waals surface area contributed by atoms with Crippen LogP contribution in [0.3, 0.4) is 0 Å². The summed E-state index contributed by atoms with van der Waals surface area (Å²) >= 11 is 0.